The second kappa shape index (κ2) is 13.5. The Bertz CT molecular complexity index is 3650. The summed E-state index contributed by atoms with van der Waals surface area (Å²) in [6, 6.07) is 86.6. The first-order chi connectivity index (χ1) is 32.8. The van der Waals surface area contributed by atoms with Crippen LogP contribution in [0.15, 0.2) is 231 Å². The Hall–Kier alpha value is -8.58. The highest BCUT2D eigenvalue weighted by molar-refractivity contribution is 6.28. The second-order valence-electron chi connectivity index (χ2n) is 18.1. The number of benzene rings is 11. The fraction of sp³-hybridized carbons (Fsp3) is 0. The lowest BCUT2D eigenvalue weighted by atomic mass is 9.82. The fourth-order valence-electron chi connectivity index (χ4n) is 12.3. The summed E-state index contributed by atoms with van der Waals surface area (Å²) in [5, 5.41) is 5.06. The lowest BCUT2D eigenvalue weighted by molar-refractivity contribution is 1.62. The molecule has 15 rings (SSSR count). The zero-order valence-electron chi connectivity index (χ0n) is 35.9. The van der Waals surface area contributed by atoms with Gasteiger partial charge in [0.05, 0.1) is 0 Å². The van der Waals surface area contributed by atoms with E-state index in [0.29, 0.717) is 0 Å². The van der Waals surface area contributed by atoms with E-state index in [2.05, 4.69) is 231 Å². The fourth-order valence-corrected chi connectivity index (χ4v) is 12.3. The van der Waals surface area contributed by atoms with E-state index in [1.165, 1.54) is 155 Å². The highest BCUT2D eigenvalue weighted by atomic mass is 14.4. The SMILES string of the molecule is c1ccc(-c2c3cc4c(cc3c(-c3ccccc3)c3cc5c(cc23)-c2ccccc2C5=C2c3ccccc3-c3ccccc32)-c2ccccc2C4=C2c3ccccc3-c3ccccc32)cc1. The van der Waals surface area contributed by atoms with E-state index in [4.69, 9.17) is 0 Å². The lowest BCUT2D eigenvalue weighted by Crippen LogP contribution is -1.96. The predicted octanol–water partition coefficient (Wildman–Crippen LogP) is 17.3. The molecule has 0 saturated heterocycles. The summed E-state index contributed by atoms with van der Waals surface area (Å²) in [7, 11) is 0. The molecule has 11 aromatic rings. The van der Waals surface area contributed by atoms with Crippen molar-refractivity contribution in [3.05, 3.63) is 275 Å². The third-order valence-corrected chi connectivity index (χ3v) is 14.9. The van der Waals surface area contributed by atoms with Gasteiger partial charge in [0.1, 0.15) is 0 Å². The topological polar surface area (TPSA) is 0 Å². The molecule has 0 spiro atoms. The van der Waals surface area contributed by atoms with E-state index in [1.54, 1.807) is 0 Å². The highest BCUT2D eigenvalue weighted by Crippen LogP contribution is 2.59. The van der Waals surface area contributed by atoms with E-state index in [9.17, 15) is 0 Å². The summed E-state index contributed by atoms with van der Waals surface area (Å²) >= 11 is 0. The Morgan fingerprint density at radius 3 is 0.621 bits per heavy atom. The molecule has 0 N–H and O–H groups in total. The van der Waals surface area contributed by atoms with Crippen molar-refractivity contribution >= 4 is 43.8 Å². The third-order valence-electron chi connectivity index (χ3n) is 14.9. The van der Waals surface area contributed by atoms with Crippen LogP contribution in [-0.2, 0) is 0 Å². The molecular formula is C66H38. The van der Waals surface area contributed by atoms with Crippen LogP contribution in [0.4, 0.5) is 0 Å². The van der Waals surface area contributed by atoms with Crippen LogP contribution in [-0.4, -0.2) is 0 Å². The smallest absolute Gasteiger partial charge is 0.00137 e. The van der Waals surface area contributed by atoms with Crippen molar-refractivity contribution < 1.29 is 0 Å². The molecule has 0 aromatic heterocycles. The molecule has 0 unspecified atom stereocenters. The van der Waals surface area contributed by atoms with E-state index in [-0.39, 0.29) is 0 Å². The summed E-state index contributed by atoms with van der Waals surface area (Å²) in [5.41, 5.74) is 31.0. The molecule has 0 atom stereocenters. The van der Waals surface area contributed by atoms with Gasteiger partial charge >= 0.3 is 0 Å². The minimum atomic E-state index is 1.22. The quantitative estimate of drug-likeness (QED) is 0.152. The van der Waals surface area contributed by atoms with E-state index in [0.717, 1.165) is 0 Å². The Labute approximate surface area is 383 Å². The average molecular weight is 831 g/mol. The van der Waals surface area contributed by atoms with Gasteiger partial charge in [-0.1, -0.05) is 206 Å². The van der Waals surface area contributed by atoms with Crippen LogP contribution in [0.5, 0.6) is 0 Å². The van der Waals surface area contributed by atoms with Gasteiger partial charge in [-0.15, -0.1) is 0 Å². The van der Waals surface area contributed by atoms with Crippen molar-refractivity contribution in [2.75, 3.05) is 0 Å². The first kappa shape index (κ1) is 35.8. The van der Waals surface area contributed by atoms with Crippen molar-refractivity contribution in [3.63, 3.8) is 0 Å². The van der Waals surface area contributed by atoms with Crippen LogP contribution in [0.2, 0.25) is 0 Å². The lowest BCUT2D eigenvalue weighted by Gasteiger charge is -2.21. The normalized spacial score (nSPS) is 13.3. The molecule has 302 valence electrons. The Morgan fingerprint density at radius 1 is 0.152 bits per heavy atom. The van der Waals surface area contributed by atoms with Gasteiger partial charge in [0.15, 0.2) is 0 Å². The average Bonchev–Trinajstić information content (AvgIpc) is 4.09. The molecule has 0 nitrogen and oxygen atoms in total. The number of hydrogen-bond donors (Lipinski definition) is 0. The molecule has 0 aliphatic heterocycles. The molecule has 0 amide bonds. The van der Waals surface area contributed by atoms with E-state index < -0.39 is 0 Å². The number of fused-ring (bicyclic) bond motifs is 14. The number of rotatable bonds is 2. The van der Waals surface area contributed by atoms with Crippen LogP contribution in [0.1, 0.15) is 44.5 Å². The van der Waals surface area contributed by atoms with Crippen molar-refractivity contribution in [1.29, 1.82) is 0 Å². The molecule has 0 fully saturated rings. The first-order valence-electron chi connectivity index (χ1n) is 23.1. The van der Waals surface area contributed by atoms with Gasteiger partial charge in [-0.05, 0) is 179 Å². The van der Waals surface area contributed by atoms with Crippen molar-refractivity contribution in [1.82, 2.24) is 0 Å². The summed E-state index contributed by atoms with van der Waals surface area (Å²) in [6.45, 7) is 0. The molecule has 0 bridgehead atoms. The van der Waals surface area contributed by atoms with E-state index >= 15 is 0 Å². The Morgan fingerprint density at radius 2 is 0.348 bits per heavy atom. The van der Waals surface area contributed by atoms with Gasteiger partial charge < -0.3 is 0 Å². The predicted molar refractivity (Wildman–Crippen MR) is 277 cm³/mol. The van der Waals surface area contributed by atoms with Gasteiger partial charge in [-0.25, -0.2) is 0 Å². The molecular weight excluding hydrogens is 793 g/mol. The van der Waals surface area contributed by atoms with Gasteiger partial charge in [-0.2, -0.15) is 0 Å². The molecule has 4 aliphatic carbocycles. The maximum absolute atomic E-state index is 2.56. The standard InChI is InChI=1S/C66H38/c1-3-19-39(20-4-1)61-57-35-53-45-27-11-17-33-51(45)66(64-49-31-15-9-25-43(49)44-26-10-16-32-50(44)64)56(53)38-60(57)62(40-21-5-2-6-22-40)58-36-54-46-28-12-18-34-52(46)65(55(54)37-59(58)61)63-47-29-13-7-23-41(47)42-24-8-14-30-48(42)63/h1-38H. The minimum Gasteiger partial charge on any atom is -0.0622 e. The van der Waals surface area contributed by atoms with Crippen LogP contribution in [0.25, 0.3) is 111 Å². The third kappa shape index (κ3) is 4.77. The van der Waals surface area contributed by atoms with Gasteiger partial charge in [-0.3, -0.25) is 0 Å². The molecule has 0 saturated carbocycles. The van der Waals surface area contributed by atoms with Gasteiger partial charge in [0.25, 0.3) is 0 Å². The Balaban J connectivity index is 1.12. The highest BCUT2D eigenvalue weighted by Gasteiger charge is 2.36. The van der Waals surface area contributed by atoms with Gasteiger partial charge in [0, 0.05) is 0 Å². The minimum absolute atomic E-state index is 1.22. The second-order valence-corrected chi connectivity index (χ2v) is 18.1. The number of hydrogen-bond acceptors (Lipinski definition) is 0. The van der Waals surface area contributed by atoms with Crippen LogP contribution >= 0.6 is 0 Å². The monoisotopic (exact) mass is 830 g/mol. The van der Waals surface area contributed by atoms with Crippen molar-refractivity contribution in [3.8, 4) is 66.8 Å². The molecule has 0 heterocycles. The molecule has 11 aromatic carbocycles. The van der Waals surface area contributed by atoms with Crippen molar-refractivity contribution in [2.45, 2.75) is 0 Å². The molecule has 66 heavy (non-hydrogen) atoms. The van der Waals surface area contributed by atoms with Crippen LogP contribution < -0.4 is 0 Å². The van der Waals surface area contributed by atoms with Crippen LogP contribution in [0, 0.1) is 0 Å². The summed E-state index contributed by atoms with van der Waals surface area (Å²) in [5.74, 6) is 0. The maximum atomic E-state index is 2.56. The summed E-state index contributed by atoms with van der Waals surface area (Å²) < 4.78 is 0. The zero-order chi connectivity index (χ0) is 43.0. The molecule has 0 heteroatoms. The zero-order valence-corrected chi connectivity index (χ0v) is 35.9. The van der Waals surface area contributed by atoms with Crippen LogP contribution in [0.3, 0.4) is 0 Å². The summed E-state index contributed by atoms with van der Waals surface area (Å²) in [4.78, 5) is 0. The van der Waals surface area contributed by atoms with Gasteiger partial charge in [0.2, 0.25) is 0 Å². The van der Waals surface area contributed by atoms with Crippen molar-refractivity contribution in [2.24, 2.45) is 0 Å². The maximum Gasteiger partial charge on any atom is -0.00137 e. The molecule has 0 radical (unpaired) electrons. The largest absolute Gasteiger partial charge is 0.0622 e. The molecule has 4 aliphatic rings. The first-order valence-corrected chi connectivity index (χ1v) is 23.1. The summed E-state index contributed by atoms with van der Waals surface area (Å²) in [6.07, 6.45) is 0. The Kier molecular flexibility index (Phi) is 7.31. The van der Waals surface area contributed by atoms with E-state index in [1.807, 2.05) is 0 Å².